The van der Waals surface area contributed by atoms with Gasteiger partial charge in [0.25, 0.3) is 0 Å². The molecule has 0 atom stereocenters. The average Bonchev–Trinajstić information content (AvgIpc) is 2.75. The van der Waals surface area contributed by atoms with Gasteiger partial charge in [-0.3, -0.25) is 0 Å². The summed E-state index contributed by atoms with van der Waals surface area (Å²) < 4.78 is 0. The lowest BCUT2D eigenvalue weighted by Crippen LogP contribution is -1.78. The summed E-state index contributed by atoms with van der Waals surface area (Å²) in [5.74, 6) is 0.345. The third-order valence-electron chi connectivity index (χ3n) is 2.28. The average molecular weight is 190 g/mol. The van der Waals surface area contributed by atoms with Gasteiger partial charge in [-0.2, -0.15) is 0 Å². The lowest BCUT2D eigenvalue weighted by molar-refractivity contribution is -0.0979. The number of carbonyl (C=O) groups excluding carboxylic acids is 1. The predicted octanol–water partition coefficient (Wildman–Crippen LogP) is 2.77. The number of allylic oxidation sites excluding steroid dienone is 2. The van der Waals surface area contributed by atoms with E-state index < -0.39 is 0 Å². The Labute approximate surface area is 83.9 Å². The molecule has 2 nitrogen and oxygen atoms in total. The summed E-state index contributed by atoms with van der Waals surface area (Å²) in [5, 5.41) is 9.08. The van der Waals surface area contributed by atoms with Crippen molar-refractivity contribution in [3.63, 3.8) is 0 Å². The van der Waals surface area contributed by atoms with Gasteiger partial charge in [0.05, 0.1) is 0 Å². The summed E-state index contributed by atoms with van der Waals surface area (Å²) >= 11 is 0. The minimum Gasteiger partial charge on any atom is -0.508 e. The van der Waals surface area contributed by atoms with E-state index in [4.69, 9.17) is 9.90 Å². The molecule has 0 fully saturated rings. The summed E-state index contributed by atoms with van der Waals surface area (Å²) in [4.78, 5) is 8.00. The van der Waals surface area contributed by atoms with Crippen molar-refractivity contribution in [3.05, 3.63) is 35.9 Å². The van der Waals surface area contributed by atoms with E-state index in [9.17, 15) is 0 Å². The molecule has 1 N–H and O–H groups in total. The van der Waals surface area contributed by atoms with E-state index in [1.165, 1.54) is 30.4 Å². The van der Waals surface area contributed by atoms with Gasteiger partial charge in [-0.15, -0.1) is 0 Å². The van der Waals surface area contributed by atoms with Gasteiger partial charge in [0.1, 0.15) is 12.5 Å². The Kier molecular flexibility index (Phi) is 3.92. The molecule has 74 valence electrons. The predicted molar refractivity (Wildman–Crippen MR) is 57.1 cm³/mol. The maximum Gasteiger partial charge on any atom is 0.115 e. The van der Waals surface area contributed by atoms with Crippen molar-refractivity contribution in [2.24, 2.45) is 0 Å². The van der Waals surface area contributed by atoms with Crippen LogP contribution in [0.3, 0.4) is 0 Å². The minimum atomic E-state index is 0.345. The lowest BCUT2D eigenvalue weighted by atomic mass is 10.1. The Hall–Kier alpha value is -1.57. The largest absolute Gasteiger partial charge is 0.508 e. The molecule has 0 amide bonds. The minimum absolute atomic E-state index is 0.345. The van der Waals surface area contributed by atoms with Crippen LogP contribution in [-0.4, -0.2) is 11.9 Å². The molecule has 14 heavy (non-hydrogen) atoms. The number of benzene rings is 1. The second kappa shape index (κ2) is 5.22. The maximum atomic E-state index is 9.08. The zero-order valence-corrected chi connectivity index (χ0v) is 8.07. The number of rotatable bonds is 1. The molecular weight excluding hydrogens is 176 g/mol. The van der Waals surface area contributed by atoms with E-state index in [1.807, 2.05) is 18.9 Å². The van der Waals surface area contributed by atoms with Crippen LogP contribution < -0.4 is 0 Å². The fourth-order valence-corrected chi connectivity index (χ4v) is 1.61. The molecule has 1 aliphatic carbocycles. The van der Waals surface area contributed by atoms with Crippen LogP contribution in [0.5, 0.6) is 5.75 Å². The van der Waals surface area contributed by atoms with Crippen LogP contribution in [0.1, 0.15) is 24.8 Å². The first-order chi connectivity index (χ1) is 6.86. The van der Waals surface area contributed by atoms with E-state index in [0.717, 1.165) is 0 Å². The molecular formula is C12H14O2. The summed E-state index contributed by atoms with van der Waals surface area (Å²) in [6, 6.07) is 7.45. The zero-order valence-electron chi connectivity index (χ0n) is 8.07. The second-order valence-electron chi connectivity index (χ2n) is 3.17. The highest BCUT2D eigenvalue weighted by molar-refractivity contribution is 5.67. The first-order valence-electron chi connectivity index (χ1n) is 4.63. The number of phenolic OH excluding ortho intramolecular Hbond substituents is 1. The summed E-state index contributed by atoms with van der Waals surface area (Å²) in [6.45, 7) is 2.00. The second-order valence-corrected chi connectivity index (χ2v) is 3.17. The third kappa shape index (κ3) is 2.46. The Morgan fingerprint density at radius 3 is 2.29 bits per heavy atom. The smallest absolute Gasteiger partial charge is 0.115 e. The van der Waals surface area contributed by atoms with Crippen molar-refractivity contribution < 1.29 is 9.90 Å². The number of hydrogen-bond acceptors (Lipinski definition) is 2. The molecule has 2 rings (SSSR count). The number of phenols is 1. The fraction of sp³-hybridized carbons (Fsp3) is 0.250. The molecule has 0 saturated carbocycles. The first kappa shape index (κ1) is 10.5. The molecule has 0 aromatic heterocycles. The van der Waals surface area contributed by atoms with Crippen LogP contribution in [0.15, 0.2) is 30.3 Å². The van der Waals surface area contributed by atoms with E-state index in [2.05, 4.69) is 6.08 Å². The van der Waals surface area contributed by atoms with Crippen LogP contribution in [0.25, 0.3) is 5.57 Å². The summed E-state index contributed by atoms with van der Waals surface area (Å²) in [6.07, 6.45) is 5.95. The molecule has 1 aromatic carbocycles. The van der Waals surface area contributed by atoms with Gasteiger partial charge in [0.15, 0.2) is 0 Å². The highest BCUT2D eigenvalue weighted by atomic mass is 16.3. The van der Waals surface area contributed by atoms with Crippen LogP contribution in [0.4, 0.5) is 0 Å². The lowest BCUT2D eigenvalue weighted by Gasteiger charge is -2.00. The highest BCUT2D eigenvalue weighted by Gasteiger charge is 2.05. The molecule has 2 heteroatoms. The first-order valence-corrected chi connectivity index (χ1v) is 4.63. The van der Waals surface area contributed by atoms with Crippen molar-refractivity contribution in [3.8, 4) is 5.75 Å². The van der Waals surface area contributed by atoms with Gasteiger partial charge in [-0.1, -0.05) is 18.2 Å². The standard InChI is InChI=1S/C11H12O.CH2O/c12-11-7-5-10(6-8-11)9-3-1-2-4-9;1-2/h3,5-8,12H,1-2,4H2;1H2. The van der Waals surface area contributed by atoms with Crippen LogP contribution >= 0.6 is 0 Å². The quantitative estimate of drug-likeness (QED) is 0.739. The molecule has 0 unspecified atom stereocenters. The molecule has 0 radical (unpaired) electrons. The van der Waals surface area contributed by atoms with Crippen molar-refractivity contribution in [2.75, 3.05) is 0 Å². The highest BCUT2D eigenvalue weighted by Crippen LogP contribution is 2.28. The molecule has 0 heterocycles. The van der Waals surface area contributed by atoms with Crippen LogP contribution in [0, 0.1) is 0 Å². The van der Waals surface area contributed by atoms with Gasteiger partial charge >= 0.3 is 0 Å². The van der Waals surface area contributed by atoms with E-state index >= 15 is 0 Å². The third-order valence-corrected chi connectivity index (χ3v) is 2.28. The monoisotopic (exact) mass is 190 g/mol. The van der Waals surface area contributed by atoms with Crippen molar-refractivity contribution in [1.29, 1.82) is 0 Å². The Balaban J connectivity index is 0.000000461. The van der Waals surface area contributed by atoms with Gasteiger partial charge in [0.2, 0.25) is 0 Å². The molecule has 1 aromatic rings. The normalized spacial score (nSPS) is 14.1. The van der Waals surface area contributed by atoms with Crippen molar-refractivity contribution in [2.45, 2.75) is 19.3 Å². The molecule has 0 saturated heterocycles. The van der Waals surface area contributed by atoms with Gasteiger partial charge in [-0.25, -0.2) is 0 Å². The van der Waals surface area contributed by atoms with Crippen LogP contribution in [0.2, 0.25) is 0 Å². The molecule has 1 aliphatic rings. The van der Waals surface area contributed by atoms with E-state index in [-0.39, 0.29) is 0 Å². The van der Waals surface area contributed by atoms with E-state index in [0.29, 0.717) is 5.75 Å². The molecule has 0 bridgehead atoms. The van der Waals surface area contributed by atoms with Crippen molar-refractivity contribution >= 4 is 12.4 Å². The Bertz CT molecular complexity index is 312. The summed E-state index contributed by atoms with van der Waals surface area (Å²) in [5.41, 5.74) is 2.68. The number of aromatic hydroxyl groups is 1. The van der Waals surface area contributed by atoms with E-state index in [1.54, 1.807) is 12.1 Å². The van der Waals surface area contributed by atoms with Gasteiger partial charge in [-0.05, 0) is 42.5 Å². The fourth-order valence-electron chi connectivity index (χ4n) is 1.61. The SMILES string of the molecule is C=O.Oc1ccc(C2=CCCC2)cc1. The Morgan fingerprint density at radius 2 is 1.79 bits per heavy atom. The molecule has 0 spiro atoms. The van der Waals surface area contributed by atoms with Crippen LogP contribution in [-0.2, 0) is 4.79 Å². The number of carbonyl (C=O) groups is 1. The van der Waals surface area contributed by atoms with Gasteiger partial charge in [0, 0.05) is 0 Å². The Morgan fingerprint density at radius 1 is 1.14 bits per heavy atom. The summed E-state index contributed by atoms with van der Waals surface area (Å²) in [7, 11) is 0. The topological polar surface area (TPSA) is 37.3 Å². The van der Waals surface area contributed by atoms with Gasteiger partial charge < -0.3 is 9.90 Å². The zero-order chi connectivity index (χ0) is 10.4. The maximum absolute atomic E-state index is 9.08. The molecule has 0 aliphatic heterocycles. The number of hydrogen-bond donors (Lipinski definition) is 1. The van der Waals surface area contributed by atoms with Crippen molar-refractivity contribution in [1.82, 2.24) is 0 Å².